The molecule has 0 saturated heterocycles. The van der Waals surface area contributed by atoms with Crippen LogP contribution in [0.1, 0.15) is 32.1 Å². The molecule has 0 amide bonds. The molecule has 0 aromatic rings. The van der Waals surface area contributed by atoms with Gasteiger partial charge in [0.25, 0.3) is 0 Å². The zero-order valence-electron chi connectivity index (χ0n) is 8.83. The van der Waals surface area contributed by atoms with E-state index in [1.54, 1.807) is 0 Å². The highest BCUT2D eigenvalue weighted by Gasteiger charge is 2.52. The molecule has 2 nitrogen and oxygen atoms in total. The Morgan fingerprint density at radius 1 is 1.31 bits per heavy atom. The molecular weight excluding hydrogens is 221 g/mol. The number of carboxylic acid groups (broad SMARTS) is 1. The Labute approximate surface area is 91.8 Å². The van der Waals surface area contributed by atoms with Gasteiger partial charge in [-0.15, -0.1) is 0 Å². The van der Waals surface area contributed by atoms with Gasteiger partial charge >= 0.3 is 12.1 Å². The van der Waals surface area contributed by atoms with Crippen LogP contribution in [0.15, 0.2) is 0 Å². The van der Waals surface area contributed by atoms with Gasteiger partial charge < -0.3 is 5.11 Å². The molecule has 0 radical (unpaired) electrons. The third-order valence-electron chi connectivity index (χ3n) is 4.12. The van der Waals surface area contributed by atoms with Gasteiger partial charge in [-0.25, -0.2) is 0 Å². The number of hydrogen-bond acceptors (Lipinski definition) is 1. The highest BCUT2D eigenvalue weighted by molar-refractivity contribution is 5.67. The van der Waals surface area contributed by atoms with Gasteiger partial charge in [-0.3, -0.25) is 4.79 Å². The molecule has 4 atom stereocenters. The standard InChI is InChI=1S/C11H15F3O2/c12-11(13,14)9(5-10(15)16)8-4-6-1-2-7(8)3-6/h6-9H,1-5H2,(H,15,16). The van der Waals surface area contributed by atoms with Gasteiger partial charge in [0.15, 0.2) is 0 Å². The SMILES string of the molecule is O=C(O)CC(C1CC2CCC1C2)C(F)(F)F. The molecule has 0 aromatic carbocycles. The number of hydrogen-bond donors (Lipinski definition) is 1. The van der Waals surface area contributed by atoms with Crippen LogP contribution in [0.4, 0.5) is 13.2 Å². The Hall–Kier alpha value is -0.740. The van der Waals surface area contributed by atoms with E-state index in [0.717, 1.165) is 19.3 Å². The summed E-state index contributed by atoms with van der Waals surface area (Å²) < 4.78 is 38.4. The molecule has 2 rings (SSSR count). The van der Waals surface area contributed by atoms with E-state index in [1.165, 1.54) is 0 Å². The maximum absolute atomic E-state index is 12.8. The molecule has 2 aliphatic carbocycles. The van der Waals surface area contributed by atoms with Crippen molar-refractivity contribution in [2.24, 2.45) is 23.7 Å². The van der Waals surface area contributed by atoms with Crippen LogP contribution in [-0.4, -0.2) is 17.3 Å². The summed E-state index contributed by atoms with van der Waals surface area (Å²) in [5, 5.41) is 8.58. The van der Waals surface area contributed by atoms with E-state index < -0.39 is 30.4 Å². The van der Waals surface area contributed by atoms with Crippen molar-refractivity contribution in [2.75, 3.05) is 0 Å². The van der Waals surface area contributed by atoms with Crippen LogP contribution in [0.2, 0.25) is 0 Å². The van der Waals surface area contributed by atoms with Crippen LogP contribution in [0.5, 0.6) is 0 Å². The van der Waals surface area contributed by atoms with E-state index in [9.17, 15) is 18.0 Å². The lowest BCUT2D eigenvalue weighted by atomic mass is 9.77. The second-order valence-electron chi connectivity index (χ2n) is 5.08. The third kappa shape index (κ3) is 2.18. The molecule has 5 heteroatoms. The summed E-state index contributed by atoms with van der Waals surface area (Å²) in [5.41, 5.74) is 0. The second kappa shape index (κ2) is 3.93. The predicted octanol–water partition coefficient (Wildman–Crippen LogP) is 3.08. The van der Waals surface area contributed by atoms with Crippen LogP contribution in [-0.2, 0) is 4.79 Å². The Kier molecular flexibility index (Phi) is 2.88. The highest BCUT2D eigenvalue weighted by Crippen LogP contribution is 2.54. The molecule has 1 N–H and O–H groups in total. The largest absolute Gasteiger partial charge is 0.481 e. The van der Waals surface area contributed by atoms with Crippen molar-refractivity contribution in [2.45, 2.75) is 38.3 Å². The number of rotatable bonds is 3. The van der Waals surface area contributed by atoms with E-state index in [4.69, 9.17) is 5.11 Å². The Morgan fingerprint density at radius 2 is 2.00 bits per heavy atom. The van der Waals surface area contributed by atoms with Crippen LogP contribution in [0.25, 0.3) is 0 Å². The molecule has 16 heavy (non-hydrogen) atoms. The van der Waals surface area contributed by atoms with E-state index in [2.05, 4.69) is 0 Å². The molecule has 0 spiro atoms. The average molecular weight is 236 g/mol. The summed E-state index contributed by atoms with van der Waals surface area (Å²) in [6, 6.07) is 0. The van der Waals surface area contributed by atoms with E-state index in [1.807, 2.05) is 0 Å². The lowest BCUT2D eigenvalue weighted by Crippen LogP contribution is -2.35. The lowest BCUT2D eigenvalue weighted by molar-refractivity contribution is -0.199. The minimum atomic E-state index is -4.37. The van der Waals surface area contributed by atoms with Gasteiger partial charge in [0.1, 0.15) is 0 Å². The van der Waals surface area contributed by atoms with Crippen molar-refractivity contribution in [3.05, 3.63) is 0 Å². The third-order valence-corrected chi connectivity index (χ3v) is 4.12. The van der Waals surface area contributed by atoms with Gasteiger partial charge in [0, 0.05) is 0 Å². The first-order chi connectivity index (χ1) is 7.38. The monoisotopic (exact) mass is 236 g/mol. The molecule has 4 unspecified atom stereocenters. The maximum Gasteiger partial charge on any atom is 0.392 e. The molecular formula is C11H15F3O2. The molecule has 2 bridgehead atoms. The molecule has 92 valence electrons. The molecule has 0 heterocycles. The van der Waals surface area contributed by atoms with Crippen molar-refractivity contribution in [1.29, 1.82) is 0 Å². The average Bonchev–Trinajstić information content (AvgIpc) is 2.72. The number of carbonyl (C=O) groups is 1. The second-order valence-corrected chi connectivity index (χ2v) is 5.08. The molecule has 0 aliphatic heterocycles. The number of carboxylic acids is 1. The zero-order valence-corrected chi connectivity index (χ0v) is 8.83. The summed E-state index contributed by atoms with van der Waals surface area (Å²) in [6.45, 7) is 0. The van der Waals surface area contributed by atoms with E-state index >= 15 is 0 Å². The molecule has 2 fully saturated rings. The Bertz CT molecular complexity index is 287. The van der Waals surface area contributed by atoms with Crippen molar-refractivity contribution in [3.8, 4) is 0 Å². The summed E-state index contributed by atoms with van der Waals surface area (Å²) in [7, 11) is 0. The summed E-state index contributed by atoms with van der Waals surface area (Å²) in [5.74, 6) is -2.91. The molecule has 2 aliphatic rings. The van der Waals surface area contributed by atoms with Gasteiger partial charge in [-0.05, 0) is 37.0 Å². The van der Waals surface area contributed by atoms with Crippen LogP contribution < -0.4 is 0 Å². The number of alkyl halides is 3. The van der Waals surface area contributed by atoms with Crippen molar-refractivity contribution >= 4 is 5.97 Å². The Morgan fingerprint density at radius 3 is 2.38 bits per heavy atom. The number of halogens is 3. The number of aliphatic carboxylic acids is 1. The first-order valence-electron chi connectivity index (χ1n) is 5.66. The molecule has 0 aromatic heterocycles. The fraction of sp³-hybridized carbons (Fsp3) is 0.909. The minimum Gasteiger partial charge on any atom is -0.481 e. The maximum atomic E-state index is 12.8. The predicted molar refractivity (Wildman–Crippen MR) is 50.7 cm³/mol. The lowest BCUT2D eigenvalue weighted by Gasteiger charge is -2.31. The first kappa shape index (κ1) is 11.7. The van der Waals surface area contributed by atoms with Crippen LogP contribution >= 0.6 is 0 Å². The van der Waals surface area contributed by atoms with E-state index in [0.29, 0.717) is 12.3 Å². The van der Waals surface area contributed by atoms with Crippen molar-refractivity contribution in [1.82, 2.24) is 0 Å². The summed E-state index contributed by atoms with van der Waals surface area (Å²) >= 11 is 0. The minimum absolute atomic E-state index is 0.107. The smallest absolute Gasteiger partial charge is 0.392 e. The van der Waals surface area contributed by atoms with Gasteiger partial charge in [-0.2, -0.15) is 13.2 Å². The number of fused-ring (bicyclic) bond motifs is 2. The normalized spacial score (nSPS) is 35.3. The van der Waals surface area contributed by atoms with Crippen LogP contribution in [0, 0.1) is 23.7 Å². The highest BCUT2D eigenvalue weighted by atomic mass is 19.4. The summed E-state index contributed by atoms with van der Waals surface area (Å²) in [4.78, 5) is 10.5. The Balaban J connectivity index is 2.10. The fourth-order valence-electron chi connectivity index (χ4n) is 3.48. The van der Waals surface area contributed by atoms with Crippen molar-refractivity contribution < 1.29 is 23.1 Å². The van der Waals surface area contributed by atoms with Gasteiger partial charge in [-0.1, -0.05) is 6.42 Å². The fourth-order valence-corrected chi connectivity index (χ4v) is 3.48. The topological polar surface area (TPSA) is 37.3 Å². The van der Waals surface area contributed by atoms with E-state index in [-0.39, 0.29) is 5.92 Å². The summed E-state index contributed by atoms with van der Waals surface area (Å²) in [6.07, 6.45) is -1.82. The molecule has 2 saturated carbocycles. The zero-order chi connectivity index (χ0) is 11.9. The van der Waals surface area contributed by atoms with Gasteiger partial charge in [0.2, 0.25) is 0 Å². The van der Waals surface area contributed by atoms with Gasteiger partial charge in [0.05, 0.1) is 12.3 Å². The quantitative estimate of drug-likeness (QED) is 0.817. The first-order valence-corrected chi connectivity index (χ1v) is 5.66. The van der Waals surface area contributed by atoms with Crippen molar-refractivity contribution in [3.63, 3.8) is 0 Å². The van der Waals surface area contributed by atoms with Crippen LogP contribution in [0.3, 0.4) is 0 Å².